The fourth-order valence-corrected chi connectivity index (χ4v) is 5.74. The maximum absolute atomic E-state index is 11.6. The molecule has 0 unspecified atom stereocenters. The van der Waals surface area contributed by atoms with Crippen LogP contribution in [0.2, 0.25) is 0 Å². The van der Waals surface area contributed by atoms with E-state index in [9.17, 15) is 4.79 Å². The average Bonchev–Trinajstić information content (AvgIpc) is 3.23. The molecule has 1 amide bonds. The van der Waals surface area contributed by atoms with Crippen molar-refractivity contribution in [1.82, 2.24) is 9.88 Å². The van der Waals surface area contributed by atoms with Gasteiger partial charge in [0.25, 0.3) is 0 Å². The number of piperidine rings is 1. The summed E-state index contributed by atoms with van der Waals surface area (Å²) in [6.07, 6.45) is 8.00. The van der Waals surface area contributed by atoms with E-state index in [1.807, 2.05) is 16.2 Å². The lowest BCUT2D eigenvalue weighted by Crippen LogP contribution is -2.37. The molecule has 2 bridgehead atoms. The molecular formula is C17H24N2OS. The first-order chi connectivity index (χ1) is 10.2. The van der Waals surface area contributed by atoms with Gasteiger partial charge in [0.15, 0.2) is 0 Å². The second kappa shape index (κ2) is 5.38. The molecule has 1 saturated heterocycles. The molecule has 1 aliphatic heterocycles. The van der Waals surface area contributed by atoms with Gasteiger partial charge in [-0.05, 0) is 43.9 Å². The van der Waals surface area contributed by atoms with E-state index in [1.165, 1.54) is 42.8 Å². The third kappa shape index (κ3) is 2.52. The molecule has 114 valence electrons. The number of nitrogens with zero attached hydrogens (tertiary/aromatic N) is 2. The van der Waals surface area contributed by atoms with Crippen molar-refractivity contribution in [2.75, 3.05) is 13.1 Å². The van der Waals surface area contributed by atoms with Gasteiger partial charge in [-0.1, -0.05) is 6.42 Å². The van der Waals surface area contributed by atoms with Crippen LogP contribution in [-0.4, -0.2) is 28.9 Å². The van der Waals surface area contributed by atoms with Crippen LogP contribution >= 0.6 is 11.3 Å². The van der Waals surface area contributed by atoms with Gasteiger partial charge in [-0.2, -0.15) is 0 Å². The first kappa shape index (κ1) is 13.7. The molecule has 4 atom stereocenters. The number of amides is 1. The molecule has 1 aromatic heterocycles. The van der Waals surface area contributed by atoms with Crippen LogP contribution in [0, 0.1) is 11.8 Å². The van der Waals surface area contributed by atoms with Crippen LogP contribution in [0.25, 0.3) is 0 Å². The van der Waals surface area contributed by atoms with Crippen LogP contribution in [-0.2, 0) is 4.79 Å². The van der Waals surface area contributed by atoms with Crippen molar-refractivity contribution in [1.29, 1.82) is 0 Å². The van der Waals surface area contributed by atoms with Crippen molar-refractivity contribution in [3.63, 3.8) is 0 Å². The van der Waals surface area contributed by atoms with Crippen molar-refractivity contribution in [2.24, 2.45) is 11.8 Å². The summed E-state index contributed by atoms with van der Waals surface area (Å²) in [5.74, 6) is 3.31. The molecule has 1 aromatic rings. The molecule has 2 aliphatic carbocycles. The average molecular weight is 304 g/mol. The standard InChI is InChI=1S/C17H24N2OS/c1-11(20)19-6-2-3-14(9-19)17-18-16(10-21-17)15-8-12-4-5-13(15)7-12/h10,12-15H,2-9H2,1H3/t12-,13-,14-,15+/m0/s1. The van der Waals surface area contributed by atoms with Crippen LogP contribution in [0.15, 0.2) is 5.38 Å². The maximum Gasteiger partial charge on any atom is 0.219 e. The van der Waals surface area contributed by atoms with Crippen molar-refractivity contribution in [2.45, 2.75) is 57.3 Å². The van der Waals surface area contributed by atoms with Crippen LogP contribution in [0.3, 0.4) is 0 Å². The Morgan fingerprint density at radius 1 is 1.33 bits per heavy atom. The second-order valence-electron chi connectivity index (χ2n) is 7.20. The van der Waals surface area contributed by atoms with Gasteiger partial charge in [0.1, 0.15) is 0 Å². The maximum atomic E-state index is 11.6. The lowest BCUT2D eigenvalue weighted by atomic mass is 9.87. The second-order valence-corrected chi connectivity index (χ2v) is 8.09. The number of carbonyl (C=O) groups excluding carboxylic acids is 1. The predicted octanol–water partition coefficient (Wildman–Crippen LogP) is 3.77. The minimum atomic E-state index is 0.213. The number of rotatable bonds is 2. The molecule has 3 nitrogen and oxygen atoms in total. The van der Waals surface area contributed by atoms with Crippen molar-refractivity contribution in [3.05, 3.63) is 16.1 Å². The number of aromatic nitrogens is 1. The van der Waals surface area contributed by atoms with E-state index in [2.05, 4.69) is 5.38 Å². The fraction of sp³-hybridized carbons (Fsp3) is 0.765. The number of hydrogen-bond acceptors (Lipinski definition) is 3. The molecule has 0 radical (unpaired) electrons. The third-order valence-electron chi connectivity index (χ3n) is 5.87. The summed E-state index contributed by atoms with van der Waals surface area (Å²) in [7, 11) is 0. The van der Waals surface area contributed by atoms with E-state index in [0.717, 1.165) is 37.3 Å². The lowest BCUT2D eigenvalue weighted by molar-refractivity contribution is -0.130. The zero-order valence-electron chi connectivity index (χ0n) is 12.8. The summed E-state index contributed by atoms with van der Waals surface area (Å²) in [5.41, 5.74) is 1.36. The molecule has 2 saturated carbocycles. The molecule has 3 fully saturated rings. The van der Waals surface area contributed by atoms with E-state index >= 15 is 0 Å². The van der Waals surface area contributed by atoms with Crippen molar-refractivity contribution in [3.8, 4) is 0 Å². The fourth-order valence-electron chi connectivity index (χ4n) is 4.73. The van der Waals surface area contributed by atoms with Gasteiger partial charge in [0.05, 0.1) is 10.7 Å². The number of likely N-dealkylation sites (tertiary alicyclic amines) is 1. The summed E-state index contributed by atoms with van der Waals surface area (Å²) in [6.45, 7) is 3.49. The van der Waals surface area contributed by atoms with Crippen LogP contribution in [0.1, 0.15) is 68.0 Å². The minimum Gasteiger partial charge on any atom is -0.342 e. The van der Waals surface area contributed by atoms with Crippen LogP contribution < -0.4 is 0 Å². The highest BCUT2D eigenvalue weighted by Gasteiger charge is 2.41. The Morgan fingerprint density at radius 2 is 2.24 bits per heavy atom. The number of fused-ring (bicyclic) bond motifs is 2. The summed E-state index contributed by atoms with van der Waals surface area (Å²) in [4.78, 5) is 18.6. The summed E-state index contributed by atoms with van der Waals surface area (Å²) in [5, 5.41) is 3.59. The molecule has 4 rings (SSSR count). The molecular weight excluding hydrogens is 280 g/mol. The molecule has 4 heteroatoms. The van der Waals surface area contributed by atoms with E-state index in [-0.39, 0.29) is 5.91 Å². The highest BCUT2D eigenvalue weighted by atomic mass is 32.1. The van der Waals surface area contributed by atoms with E-state index < -0.39 is 0 Å². The van der Waals surface area contributed by atoms with Gasteiger partial charge >= 0.3 is 0 Å². The Bertz CT molecular complexity index is 541. The van der Waals surface area contributed by atoms with E-state index in [1.54, 1.807) is 6.92 Å². The van der Waals surface area contributed by atoms with Gasteiger partial charge < -0.3 is 4.90 Å². The Morgan fingerprint density at radius 3 is 2.95 bits per heavy atom. The van der Waals surface area contributed by atoms with Gasteiger partial charge in [-0.3, -0.25) is 4.79 Å². The normalized spacial score (nSPS) is 35.4. The lowest BCUT2D eigenvalue weighted by Gasteiger charge is -2.31. The molecule has 0 spiro atoms. The highest BCUT2D eigenvalue weighted by molar-refractivity contribution is 7.09. The molecule has 0 N–H and O–H groups in total. The monoisotopic (exact) mass is 304 g/mol. The highest BCUT2D eigenvalue weighted by Crippen LogP contribution is 2.53. The quantitative estimate of drug-likeness (QED) is 0.833. The van der Waals surface area contributed by atoms with Gasteiger partial charge in [0, 0.05) is 37.2 Å². The first-order valence-electron chi connectivity index (χ1n) is 8.41. The molecule has 21 heavy (non-hydrogen) atoms. The largest absolute Gasteiger partial charge is 0.342 e. The zero-order valence-corrected chi connectivity index (χ0v) is 13.6. The van der Waals surface area contributed by atoms with Crippen molar-refractivity contribution < 1.29 is 4.79 Å². The first-order valence-corrected chi connectivity index (χ1v) is 9.29. The summed E-state index contributed by atoms with van der Waals surface area (Å²) in [6, 6.07) is 0. The predicted molar refractivity (Wildman–Crippen MR) is 84.5 cm³/mol. The molecule has 2 heterocycles. The number of thiazole rings is 1. The number of hydrogen-bond donors (Lipinski definition) is 0. The zero-order chi connectivity index (χ0) is 14.4. The molecule has 0 aromatic carbocycles. The SMILES string of the molecule is CC(=O)N1CCC[C@H](c2nc([C@@H]3C[C@H]4CC[C@H]3C4)cs2)C1. The molecule has 3 aliphatic rings. The number of carbonyl (C=O) groups is 1. The summed E-state index contributed by atoms with van der Waals surface area (Å²) < 4.78 is 0. The van der Waals surface area contributed by atoms with E-state index in [4.69, 9.17) is 4.98 Å². The third-order valence-corrected chi connectivity index (χ3v) is 6.90. The van der Waals surface area contributed by atoms with Crippen LogP contribution in [0.4, 0.5) is 0 Å². The Kier molecular flexibility index (Phi) is 3.52. The van der Waals surface area contributed by atoms with Crippen LogP contribution in [0.5, 0.6) is 0 Å². The van der Waals surface area contributed by atoms with Gasteiger partial charge in [-0.25, -0.2) is 4.98 Å². The Balaban J connectivity index is 1.48. The van der Waals surface area contributed by atoms with Crippen molar-refractivity contribution >= 4 is 17.2 Å². The topological polar surface area (TPSA) is 33.2 Å². The van der Waals surface area contributed by atoms with Gasteiger partial charge in [-0.15, -0.1) is 11.3 Å². The summed E-state index contributed by atoms with van der Waals surface area (Å²) >= 11 is 1.83. The Labute approximate surface area is 130 Å². The Hall–Kier alpha value is -0.900. The van der Waals surface area contributed by atoms with E-state index in [0.29, 0.717) is 5.92 Å². The smallest absolute Gasteiger partial charge is 0.219 e. The minimum absolute atomic E-state index is 0.213. The van der Waals surface area contributed by atoms with Gasteiger partial charge in [0.2, 0.25) is 5.91 Å².